The number of likely N-dealkylation sites (tertiary alicyclic amines) is 1. The molecule has 0 atom stereocenters. The molecular formula is C21H35IN6O3. The molecule has 174 valence electrons. The van der Waals surface area contributed by atoms with E-state index in [0.717, 1.165) is 63.0 Å². The lowest BCUT2D eigenvalue weighted by Crippen LogP contribution is -2.49. The highest BCUT2D eigenvalue weighted by molar-refractivity contribution is 14.0. The van der Waals surface area contributed by atoms with E-state index in [2.05, 4.69) is 33.5 Å². The molecule has 31 heavy (non-hydrogen) atoms. The molecule has 2 saturated heterocycles. The van der Waals surface area contributed by atoms with E-state index in [1.54, 1.807) is 4.90 Å². The van der Waals surface area contributed by atoms with Crippen molar-refractivity contribution >= 4 is 41.8 Å². The number of carbonyl (C=O) groups excluding carboxylic acids is 1. The summed E-state index contributed by atoms with van der Waals surface area (Å²) >= 11 is 0. The van der Waals surface area contributed by atoms with Crippen molar-refractivity contribution in [1.82, 2.24) is 20.5 Å². The number of halogens is 1. The lowest BCUT2D eigenvalue weighted by Gasteiger charge is -2.32. The Morgan fingerprint density at radius 2 is 2.00 bits per heavy atom. The molecule has 9 nitrogen and oxygen atoms in total. The summed E-state index contributed by atoms with van der Waals surface area (Å²) in [6.45, 7) is 10.2. The molecule has 3 heterocycles. The Bertz CT molecular complexity index is 706. The van der Waals surface area contributed by atoms with Gasteiger partial charge in [0.25, 0.3) is 0 Å². The van der Waals surface area contributed by atoms with Crippen LogP contribution in [0.4, 0.5) is 10.6 Å². The fourth-order valence-corrected chi connectivity index (χ4v) is 3.71. The van der Waals surface area contributed by atoms with Crippen molar-refractivity contribution < 1.29 is 14.3 Å². The average Bonchev–Trinajstić information content (AvgIpc) is 2.79. The number of nitrogens with zero attached hydrogens (tertiary/aromatic N) is 4. The van der Waals surface area contributed by atoms with Gasteiger partial charge in [-0.1, -0.05) is 6.07 Å². The van der Waals surface area contributed by atoms with E-state index in [9.17, 15) is 4.79 Å². The second-order valence-corrected chi connectivity index (χ2v) is 7.39. The van der Waals surface area contributed by atoms with Gasteiger partial charge < -0.3 is 29.9 Å². The number of piperidine rings is 1. The van der Waals surface area contributed by atoms with Gasteiger partial charge in [-0.2, -0.15) is 0 Å². The van der Waals surface area contributed by atoms with Gasteiger partial charge in [0.05, 0.1) is 26.4 Å². The number of amides is 1. The van der Waals surface area contributed by atoms with Crippen LogP contribution in [0.1, 0.15) is 32.3 Å². The normalized spacial score (nSPS) is 17.7. The number of aromatic nitrogens is 1. The third kappa shape index (κ3) is 7.67. The van der Waals surface area contributed by atoms with Crippen LogP contribution < -0.4 is 15.5 Å². The Hall–Kier alpha value is -1.82. The van der Waals surface area contributed by atoms with Gasteiger partial charge in [0.1, 0.15) is 5.82 Å². The first kappa shape index (κ1) is 25.4. The number of carbonyl (C=O) groups is 1. The van der Waals surface area contributed by atoms with Crippen LogP contribution in [-0.4, -0.2) is 80.5 Å². The maximum absolute atomic E-state index is 11.9. The van der Waals surface area contributed by atoms with Crippen molar-refractivity contribution in [3.63, 3.8) is 0 Å². The predicted octanol–water partition coefficient (Wildman–Crippen LogP) is 2.21. The lowest BCUT2D eigenvalue weighted by atomic mass is 10.1. The molecule has 2 N–H and O–H groups in total. The number of rotatable bonds is 6. The standard InChI is InChI=1S/C21H34N6O3.HI/c1-3-22-20(25-18-7-10-27(11-8-18)21(28)30-4-2)24-16-17-6-5-9-23-19(17)26-12-14-29-15-13-26;/h5-6,9,18H,3-4,7-8,10-16H2,1-2H3,(H2,22,24,25);1H. The highest BCUT2D eigenvalue weighted by Crippen LogP contribution is 2.19. The summed E-state index contributed by atoms with van der Waals surface area (Å²) in [5.41, 5.74) is 1.11. The van der Waals surface area contributed by atoms with Crippen molar-refractivity contribution in [2.45, 2.75) is 39.3 Å². The molecule has 3 rings (SSSR count). The van der Waals surface area contributed by atoms with Crippen LogP contribution in [-0.2, 0) is 16.0 Å². The Morgan fingerprint density at radius 1 is 1.26 bits per heavy atom. The molecule has 10 heteroatoms. The number of hydrogen-bond acceptors (Lipinski definition) is 6. The zero-order chi connectivity index (χ0) is 21.2. The summed E-state index contributed by atoms with van der Waals surface area (Å²) in [6.07, 6.45) is 3.35. The van der Waals surface area contributed by atoms with Crippen molar-refractivity contribution in [3.8, 4) is 0 Å². The van der Waals surface area contributed by atoms with E-state index < -0.39 is 0 Å². The molecule has 2 fully saturated rings. The number of anilines is 1. The quantitative estimate of drug-likeness (QED) is 0.321. The molecule has 1 aromatic rings. The maximum Gasteiger partial charge on any atom is 0.409 e. The Morgan fingerprint density at radius 3 is 2.68 bits per heavy atom. The SMILES string of the molecule is CCNC(=NCc1cccnc1N1CCOCC1)NC1CCN(C(=O)OCC)CC1.I. The number of pyridine rings is 1. The second-order valence-electron chi connectivity index (χ2n) is 7.39. The minimum absolute atomic E-state index is 0. The van der Waals surface area contributed by atoms with Gasteiger partial charge >= 0.3 is 6.09 Å². The zero-order valence-electron chi connectivity index (χ0n) is 18.5. The smallest absolute Gasteiger partial charge is 0.409 e. The topological polar surface area (TPSA) is 91.3 Å². The van der Waals surface area contributed by atoms with Gasteiger partial charge in [-0.25, -0.2) is 14.8 Å². The molecular weight excluding hydrogens is 511 g/mol. The van der Waals surface area contributed by atoms with Crippen molar-refractivity contribution in [2.75, 3.05) is 57.4 Å². The van der Waals surface area contributed by atoms with Crippen LogP contribution in [0.2, 0.25) is 0 Å². The van der Waals surface area contributed by atoms with Crippen molar-refractivity contribution in [3.05, 3.63) is 23.9 Å². The molecule has 0 saturated carbocycles. The number of nitrogens with one attached hydrogen (secondary N) is 2. The number of guanidine groups is 1. The molecule has 0 aliphatic carbocycles. The van der Waals surface area contributed by atoms with E-state index in [0.29, 0.717) is 26.2 Å². The van der Waals surface area contributed by atoms with Crippen LogP contribution in [0, 0.1) is 0 Å². The van der Waals surface area contributed by atoms with Crippen LogP contribution in [0.5, 0.6) is 0 Å². The fraction of sp³-hybridized carbons (Fsp3) is 0.667. The van der Waals surface area contributed by atoms with E-state index >= 15 is 0 Å². The van der Waals surface area contributed by atoms with Crippen LogP contribution in [0.15, 0.2) is 23.3 Å². The predicted molar refractivity (Wildman–Crippen MR) is 132 cm³/mol. The van der Waals surface area contributed by atoms with Crippen molar-refractivity contribution in [2.24, 2.45) is 4.99 Å². The van der Waals surface area contributed by atoms with Gasteiger partial charge in [-0.05, 0) is 32.8 Å². The summed E-state index contributed by atoms with van der Waals surface area (Å²) < 4.78 is 10.6. The minimum atomic E-state index is -0.219. The lowest BCUT2D eigenvalue weighted by molar-refractivity contribution is 0.0963. The third-order valence-corrected chi connectivity index (χ3v) is 5.29. The van der Waals surface area contributed by atoms with Gasteiger partial charge in [-0.15, -0.1) is 24.0 Å². The first-order valence-corrected chi connectivity index (χ1v) is 10.9. The second kappa shape index (κ2) is 13.6. The molecule has 0 aromatic carbocycles. The summed E-state index contributed by atoms with van der Waals surface area (Å²) in [5.74, 6) is 1.78. The third-order valence-electron chi connectivity index (χ3n) is 5.29. The van der Waals surface area contributed by atoms with Crippen LogP contribution in [0.25, 0.3) is 0 Å². The molecule has 0 unspecified atom stereocenters. The Balaban J connectivity index is 0.00000341. The number of hydrogen-bond donors (Lipinski definition) is 2. The highest BCUT2D eigenvalue weighted by Gasteiger charge is 2.24. The number of ether oxygens (including phenoxy) is 2. The monoisotopic (exact) mass is 546 g/mol. The largest absolute Gasteiger partial charge is 0.450 e. The van der Waals surface area contributed by atoms with Crippen LogP contribution >= 0.6 is 24.0 Å². The summed E-state index contributed by atoms with van der Waals surface area (Å²) in [5, 5.41) is 6.86. The Labute approximate surface area is 202 Å². The van der Waals surface area contributed by atoms with Gasteiger partial charge in [0, 0.05) is 50.5 Å². The summed E-state index contributed by atoms with van der Waals surface area (Å²) in [4.78, 5) is 25.3. The molecule has 1 amide bonds. The van der Waals surface area contributed by atoms with E-state index in [1.165, 1.54) is 0 Å². The van der Waals surface area contributed by atoms with Crippen LogP contribution in [0.3, 0.4) is 0 Å². The van der Waals surface area contributed by atoms with E-state index in [4.69, 9.17) is 14.5 Å². The van der Waals surface area contributed by atoms with Crippen molar-refractivity contribution in [1.29, 1.82) is 0 Å². The van der Waals surface area contributed by atoms with Gasteiger partial charge in [0.15, 0.2) is 5.96 Å². The first-order chi connectivity index (χ1) is 14.7. The summed E-state index contributed by atoms with van der Waals surface area (Å²) in [6, 6.07) is 4.32. The van der Waals surface area contributed by atoms with E-state index in [1.807, 2.05) is 19.2 Å². The van der Waals surface area contributed by atoms with E-state index in [-0.39, 0.29) is 36.1 Å². The fourth-order valence-electron chi connectivity index (χ4n) is 3.71. The number of aliphatic imine (C=N–C) groups is 1. The molecule has 0 spiro atoms. The molecule has 1 aromatic heterocycles. The maximum atomic E-state index is 11.9. The minimum Gasteiger partial charge on any atom is -0.450 e. The first-order valence-electron chi connectivity index (χ1n) is 10.9. The summed E-state index contributed by atoms with van der Waals surface area (Å²) in [7, 11) is 0. The highest BCUT2D eigenvalue weighted by atomic mass is 127. The average molecular weight is 546 g/mol. The van der Waals surface area contributed by atoms with Gasteiger partial charge in [0.2, 0.25) is 0 Å². The molecule has 0 radical (unpaired) electrons. The van der Waals surface area contributed by atoms with Gasteiger partial charge in [-0.3, -0.25) is 0 Å². The zero-order valence-corrected chi connectivity index (χ0v) is 20.8. The Kier molecular flexibility index (Phi) is 11.1. The number of morpholine rings is 1. The molecule has 0 bridgehead atoms. The molecule has 2 aliphatic rings. The molecule has 2 aliphatic heterocycles.